The highest BCUT2D eigenvalue weighted by Gasteiger charge is 2.11. The van der Waals surface area contributed by atoms with E-state index in [1.165, 1.54) is 5.56 Å². The van der Waals surface area contributed by atoms with Gasteiger partial charge in [0.15, 0.2) is 0 Å². The van der Waals surface area contributed by atoms with Gasteiger partial charge in [-0.2, -0.15) is 0 Å². The summed E-state index contributed by atoms with van der Waals surface area (Å²) in [6.45, 7) is 2.71. The largest absolute Gasteiger partial charge is 0.373 e. The summed E-state index contributed by atoms with van der Waals surface area (Å²) in [5.74, 6) is -0.258. The van der Waals surface area contributed by atoms with Crippen molar-refractivity contribution in [2.75, 3.05) is 23.8 Å². The van der Waals surface area contributed by atoms with E-state index in [0.29, 0.717) is 16.4 Å². The van der Waals surface area contributed by atoms with Crippen LogP contribution in [0.2, 0.25) is 5.02 Å². The monoisotopic (exact) mass is 380 g/mol. The van der Waals surface area contributed by atoms with Gasteiger partial charge in [0.1, 0.15) is 5.69 Å². The van der Waals surface area contributed by atoms with E-state index in [1.807, 2.05) is 38.2 Å². The van der Waals surface area contributed by atoms with Crippen molar-refractivity contribution in [3.05, 3.63) is 82.9 Å². The summed E-state index contributed by atoms with van der Waals surface area (Å²) in [7, 11) is 2.01. The molecule has 0 atom stereocenters. The molecule has 0 aliphatic rings. The van der Waals surface area contributed by atoms with Crippen LogP contribution in [-0.2, 0) is 6.42 Å². The zero-order chi connectivity index (χ0) is 19.2. The van der Waals surface area contributed by atoms with Gasteiger partial charge in [0, 0.05) is 36.7 Å². The van der Waals surface area contributed by atoms with Gasteiger partial charge in [0.05, 0.1) is 11.9 Å². The molecule has 5 nitrogen and oxygen atoms in total. The number of rotatable bonds is 6. The molecule has 0 aliphatic carbocycles. The first-order chi connectivity index (χ1) is 13.0. The van der Waals surface area contributed by atoms with Crippen LogP contribution < -0.4 is 10.2 Å². The zero-order valence-corrected chi connectivity index (χ0v) is 16.1. The Hall–Kier alpha value is -2.92. The van der Waals surface area contributed by atoms with Gasteiger partial charge in [-0.15, -0.1) is 0 Å². The van der Waals surface area contributed by atoms with Crippen molar-refractivity contribution in [1.29, 1.82) is 0 Å². The summed E-state index contributed by atoms with van der Waals surface area (Å²) >= 11 is 6.10. The molecule has 0 fully saturated rings. The maximum atomic E-state index is 12.4. The number of nitrogens with one attached hydrogen (secondary N) is 1. The first kappa shape index (κ1) is 18.9. The Labute approximate surface area is 164 Å². The van der Waals surface area contributed by atoms with Crippen LogP contribution in [0.4, 0.5) is 11.4 Å². The summed E-state index contributed by atoms with van der Waals surface area (Å²) in [5, 5.41) is 3.47. The highest BCUT2D eigenvalue weighted by molar-refractivity contribution is 6.31. The van der Waals surface area contributed by atoms with E-state index in [2.05, 4.69) is 20.2 Å². The van der Waals surface area contributed by atoms with E-state index < -0.39 is 0 Å². The number of carbonyl (C=O) groups is 1. The molecule has 3 rings (SSSR count). The molecule has 0 saturated carbocycles. The average molecular weight is 381 g/mol. The first-order valence-electron chi connectivity index (χ1n) is 8.67. The first-order valence-corrected chi connectivity index (χ1v) is 9.05. The number of nitrogens with zero attached hydrogens (tertiary/aromatic N) is 3. The Morgan fingerprint density at radius 3 is 2.63 bits per heavy atom. The smallest absolute Gasteiger partial charge is 0.274 e. The predicted octanol–water partition coefficient (Wildman–Crippen LogP) is 4.37. The maximum absolute atomic E-state index is 12.4. The molecule has 1 amide bonds. The van der Waals surface area contributed by atoms with Gasteiger partial charge < -0.3 is 10.2 Å². The van der Waals surface area contributed by atoms with Crippen LogP contribution in [0.5, 0.6) is 0 Å². The molecule has 0 unspecified atom stereocenters. The van der Waals surface area contributed by atoms with Crippen LogP contribution in [-0.4, -0.2) is 29.5 Å². The van der Waals surface area contributed by atoms with Gasteiger partial charge in [-0.25, -0.2) is 4.98 Å². The Morgan fingerprint density at radius 1 is 1.15 bits per heavy atom. The maximum Gasteiger partial charge on any atom is 0.274 e. The molecule has 1 aromatic carbocycles. The Bertz CT molecular complexity index is 913. The van der Waals surface area contributed by atoms with E-state index in [0.717, 1.165) is 24.2 Å². The van der Waals surface area contributed by atoms with Crippen LogP contribution in [0.1, 0.15) is 21.6 Å². The van der Waals surface area contributed by atoms with Gasteiger partial charge in [-0.1, -0.05) is 17.7 Å². The molecule has 0 radical (unpaired) electrons. The van der Waals surface area contributed by atoms with E-state index in [4.69, 9.17) is 11.6 Å². The lowest BCUT2D eigenvalue weighted by Crippen LogP contribution is -2.21. The van der Waals surface area contributed by atoms with Crippen molar-refractivity contribution in [3.8, 4) is 0 Å². The Kier molecular flexibility index (Phi) is 6.04. The SMILES string of the molecule is Cc1c(Cl)cccc1NC(=O)c1ccc(N(C)CCc2ccncc2)cn1. The number of aromatic nitrogens is 2. The van der Waals surface area contributed by atoms with Crippen LogP contribution in [0.3, 0.4) is 0 Å². The van der Waals surface area contributed by atoms with Crippen molar-refractivity contribution in [1.82, 2.24) is 9.97 Å². The van der Waals surface area contributed by atoms with Crippen LogP contribution in [0.15, 0.2) is 61.1 Å². The van der Waals surface area contributed by atoms with Crippen molar-refractivity contribution in [3.63, 3.8) is 0 Å². The molecule has 2 heterocycles. The molecule has 6 heteroatoms. The highest BCUT2D eigenvalue weighted by Crippen LogP contribution is 2.23. The minimum absolute atomic E-state index is 0.258. The van der Waals surface area contributed by atoms with Crippen molar-refractivity contribution >= 4 is 28.9 Å². The fourth-order valence-electron chi connectivity index (χ4n) is 2.65. The lowest BCUT2D eigenvalue weighted by Gasteiger charge is -2.19. The number of carbonyl (C=O) groups excluding carboxylic acids is 1. The number of hydrogen-bond acceptors (Lipinski definition) is 4. The van der Waals surface area contributed by atoms with Gasteiger partial charge in [-0.05, 0) is 60.9 Å². The molecule has 0 spiro atoms. The summed E-state index contributed by atoms with van der Waals surface area (Å²) in [6, 6.07) is 13.1. The second-order valence-corrected chi connectivity index (χ2v) is 6.70. The lowest BCUT2D eigenvalue weighted by molar-refractivity contribution is 0.102. The molecule has 0 bridgehead atoms. The van der Waals surface area contributed by atoms with Crippen molar-refractivity contribution in [2.24, 2.45) is 0 Å². The minimum atomic E-state index is -0.258. The fourth-order valence-corrected chi connectivity index (χ4v) is 2.83. The van der Waals surface area contributed by atoms with E-state index in [9.17, 15) is 4.79 Å². The van der Waals surface area contributed by atoms with Crippen molar-refractivity contribution < 1.29 is 4.79 Å². The van der Waals surface area contributed by atoms with Gasteiger partial charge >= 0.3 is 0 Å². The van der Waals surface area contributed by atoms with E-state index in [1.54, 1.807) is 36.8 Å². The molecular formula is C21H21ClN4O. The summed E-state index contributed by atoms with van der Waals surface area (Å²) in [6.07, 6.45) is 6.22. The number of likely N-dealkylation sites (N-methyl/N-ethyl adjacent to an activating group) is 1. The molecule has 1 N–H and O–H groups in total. The topological polar surface area (TPSA) is 58.1 Å². The number of anilines is 2. The van der Waals surface area contributed by atoms with Crippen LogP contribution in [0.25, 0.3) is 0 Å². The number of benzene rings is 1. The lowest BCUT2D eigenvalue weighted by atomic mass is 10.2. The van der Waals surface area contributed by atoms with Crippen LogP contribution in [0, 0.1) is 6.92 Å². The molecule has 27 heavy (non-hydrogen) atoms. The predicted molar refractivity (Wildman–Crippen MR) is 110 cm³/mol. The molecular weight excluding hydrogens is 360 g/mol. The van der Waals surface area contributed by atoms with Gasteiger partial charge in [0.2, 0.25) is 0 Å². The number of hydrogen-bond donors (Lipinski definition) is 1. The summed E-state index contributed by atoms with van der Waals surface area (Å²) in [4.78, 5) is 22.9. The molecule has 2 aromatic heterocycles. The minimum Gasteiger partial charge on any atom is -0.373 e. The quantitative estimate of drug-likeness (QED) is 0.689. The van der Waals surface area contributed by atoms with E-state index in [-0.39, 0.29) is 5.91 Å². The third-order valence-electron chi connectivity index (χ3n) is 4.42. The molecule has 0 saturated heterocycles. The van der Waals surface area contributed by atoms with Gasteiger partial charge in [0.25, 0.3) is 5.91 Å². The summed E-state index contributed by atoms with van der Waals surface area (Å²) < 4.78 is 0. The Balaban J connectivity index is 1.62. The third-order valence-corrected chi connectivity index (χ3v) is 4.83. The third kappa shape index (κ3) is 4.83. The standard InChI is InChI=1S/C21H21ClN4O/c1-15-18(22)4-3-5-19(15)25-21(27)20-7-6-17(14-24-20)26(2)13-10-16-8-11-23-12-9-16/h3-9,11-12,14H,10,13H2,1-2H3,(H,25,27). The molecule has 138 valence electrons. The number of pyridine rings is 2. The average Bonchev–Trinajstić information content (AvgIpc) is 2.70. The molecule has 3 aromatic rings. The van der Waals surface area contributed by atoms with Gasteiger partial charge in [-0.3, -0.25) is 9.78 Å². The normalized spacial score (nSPS) is 10.5. The second kappa shape index (κ2) is 8.64. The molecule has 0 aliphatic heterocycles. The number of amides is 1. The summed E-state index contributed by atoms with van der Waals surface area (Å²) in [5.41, 5.74) is 4.07. The Morgan fingerprint density at radius 2 is 1.93 bits per heavy atom. The fraction of sp³-hybridized carbons (Fsp3) is 0.190. The zero-order valence-electron chi connectivity index (χ0n) is 15.3. The van der Waals surface area contributed by atoms with Crippen LogP contribution >= 0.6 is 11.6 Å². The van der Waals surface area contributed by atoms with Crippen molar-refractivity contribution in [2.45, 2.75) is 13.3 Å². The van der Waals surface area contributed by atoms with E-state index >= 15 is 0 Å². The highest BCUT2D eigenvalue weighted by atomic mass is 35.5. The second-order valence-electron chi connectivity index (χ2n) is 6.30. The number of halogens is 1.